The van der Waals surface area contributed by atoms with Gasteiger partial charge < -0.3 is 4.74 Å². The summed E-state index contributed by atoms with van der Waals surface area (Å²) in [4.78, 5) is 10.2. The normalized spacial score (nSPS) is 10.2. The molecule has 0 unspecified atom stereocenters. The number of ether oxygens (including phenoxy) is 1. The van der Waals surface area contributed by atoms with E-state index in [1.165, 1.54) is 24.3 Å². The van der Waals surface area contributed by atoms with Crippen LogP contribution < -0.4 is 4.74 Å². The largest absolute Gasteiger partial charge is 0.482 e. The second-order valence-electron chi connectivity index (χ2n) is 3.75. The Morgan fingerprint density at radius 3 is 2.58 bits per heavy atom. The highest BCUT2D eigenvalue weighted by Gasteiger charge is 2.14. The van der Waals surface area contributed by atoms with E-state index in [0.717, 1.165) is 12.1 Å². The van der Waals surface area contributed by atoms with Crippen molar-refractivity contribution in [3.8, 4) is 5.75 Å². The molecule has 2 rings (SSSR count). The molecule has 0 bridgehead atoms. The van der Waals surface area contributed by atoms with Crippen molar-refractivity contribution in [1.82, 2.24) is 0 Å². The third-order valence-electron chi connectivity index (χ3n) is 2.46. The van der Waals surface area contributed by atoms with Gasteiger partial charge in [0.15, 0.2) is 5.75 Å². The van der Waals surface area contributed by atoms with Crippen molar-refractivity contribution >= 4 is 5.69 Å². The van der Waals surface area contributed by atoms with Crippen LogP contribution in [0.3, 0.4) is 0 Å². The fourth-order valence-corrected chi connectivity index (χ4v) is 1.52. The lowest BCUT2D eigenvalue weighted by Gasteiger charge is -2.07. The first kappa shape index (κ1) is 12.9. The zero-order valence-corrected chi connectivity index (χ0v) is 9.68. The van der Waals surface area contributed by atoms with Gasteiger partial charge in [-0.1, -0.05) is 12.1 Å². The van der Waals surface area contributed by atoms with Gasteiger partial charge in [0, 0.05) is 17.7 Å². The Morgan fingerprint density at radius 1 is 1.16 bits per heavy atom. The minimum absolute atomic E-state index is 0.0382. The van der Waals surface area contributed by atoms with E-state index in [9.17, 15) is 18.9 Å². The van der Waals surface area contributed by atoms with Gasteiger partial charge in [0.25, 0.3) is 0 Å². The fourth-order valence-electron chi connectivity index (χ4n) is 1.52. The van der Waals surface area contributed by atoms with E-state index < -0.39 is 16.6 Å². The van der Waals surface area contributed by atoms with Crippen molar-refractivity contribution < 1.29 is 18.4 Å². The van der Waals surface area contributed by atoms with Crippen LogP contribution in [0.25, 0.3) is 0 Å². The molecule has 2 aromatic carbocycles. The van der Waals surface area contributed by atoms with Crippen molar-refractivity contribution in [2.45, 2.75) is 6.61 Å². The molecule has 0 amide bonds. The van der Waals surface area contributed by atoms with Gasteiger partial charge in [-0.3, -0.25) is 10.1 Å². The van der Waals surface area contributed by atoms with Gasteiger partial charge in [0.1, 0.15) is 18.2 Å². The van der Waals surface area contributed by atoms with Gasteiger partial charge in [-0.05, 0) is 18.2 Å². The molecule has 0 radical (unpaired) electrons. The summed E-state index contributed by atoms with van der Waals surface area (Å²) in [7, 11) is 0. The zero-order valence-electron chi connectivity index (χ0n) is 9.68. The number of para-hydroxylation sites is 2. The summed E-state index contributed by atoms with van der Waals surface area (Å²) in [5, 5.41) is 10.7. The van der Waals surface area contributed by atoms with E-state index in [1.807, 2.05) is 0 Å². The zero-order chi connectivity index (χ0) is 13.8. The molecule has 2 aromatic rings. The molecule has 19 heavy (non-hydrogen) atoms. The van der Waals surface area contributed by atoms with E-state index >= 15 is 0 Å². The SMILES string of the molecule is O=[N+]([O-])c1ccccc1OCc1ccc(F)cc1F. The third-order valence-corrected chi connectivity index (χ3v) is 2.46. The number of rotatable bonds is 4. The van der Waals surface area contributed by atoms with Crippen molar-refractivity contribution in [1.29, 1.82) is 0 Å². The van der Waals surface area contributed by atoms with Crippen LogP contribution in [0.2, 0.25) is 0 Å². The summed E-state index contributed by atoms with van der Waals surface area (Å²) in [6.45, 7) is -0.211. The number of hydrogen-bond acceptors (Lipinski definition) is 3. The molecule has 0 N–H and O–H groups in total. The van der Waals surface area contributed by atoms with E-state index in [4.69, 9.17) is 4.74 Å². The Balaban J connectivity index is 2.17. The summed E-state index contributed by atoms with van der Waals surface area (Å²) in [5.41, 5.74) is -0.0791. The molecular formula is C13H9F2NO3. The van der Waals surface area contributed by atoms with Gasteiger partial charge in [0.2, 0.25) is 0 Å². The second kappa shape index (κ2) is 5.43. The molecular weight excluding hydrogens is 256 g/mol. The first-order valence-corrected chi connectivity index (χ1v) is 5.38. The molecule has 0 saturated heterocycles. The summed E-state index contributed by atoms with van der Waals surface area (Å²) in [6, 6.07) is 8.85. The van der Waals surface area contributed by atoms with Crippen LogP contribution in [0, 0.1) is 21.7 Å². The van der Waals surface area contributed by atoms with Crippen LogP contribution in [-0.2, 0) is 6.61 Å². The number of nitrogens with zero attached hydrogens (tertiary/aromatic N) is 1. The highest BCUT2D eigenvalue weighted by Crippen LogP contribution is 2.26. The van der Waals surface area contributed by atoms with Crippen molar-refractivity contribution in [2.75, 3.05) is 0 Å². The number of benzene rings is 2. The molecule has 0 aromatic heterocycles. The number of halogens is 2. The Morgan fingerprint density at radius 2 is 1.89 bits per heavy atom. The van der Waals surface area contributed by atoms with Gasteiger partial charge >= 0.3 is 5.69 Å². The molecule has 0 heterocycles. The number of hydrogen-bond donors (Lipinski definition) is 0. The summed E-state index contributed by atoms with van der Waals surface area (Å²) < 4.78 is 31.3. The van der Waals surface area contributed by atoms with Crippen LogP contribution >= 0.6 is 0 Å². The number of nitro groups is 1. The highest BCUT2D eigenvalue weighted by molar-refractivity contribution is 5.45. The van der Waals surface area contributed by atoms with Gasteiger partial charge in [-0.15, -0.1) is 0 Å². The van der Waals surface area contributed by atoms with E-state index in [1.54, 1.807) is 6.07 Å². The highest BCUT2D eigenvalue weighted by atomic mass is 19.1. The predicted molar refractivity (Wildman–Crippen MR) is 63.8 cm³/mol. The predicted octanol–water partition coefficient (Wildman–Crippen LogP) is 3.45. The average Bonchev–Trinajstić information content (AvgIpc) is 2.38. The molecule has 4 nitrogen and oxygen atoms in total. The van der Waals surface area contributed by atoms with Gasteiger partial charge in [-0.25, -0.2) is 8.78 Å². The lowest BCUT2D eigenvalue weighted by Crippen LogP contribution is -2.01. The first-order chi connectivity index (χ1) is 9.08. The second-order valence-corrected chi connectivity index (χ2v) is 3.75. The van der Waals surface area contributed by atoms with E-state index in [0.29, 0.717) is 0 Å². The minimum atomic E-state index is -0.751. The lowest BCUT2D eigenvalue weighted by molar-refractivity contribution is -0.385. The van der Waals surface area contributed by atoms with Crippen molar-refractivity contribution in [3.05, 3.63) is 69.8 Å². The molecule has 0 fully saturated rings. The van der Waals surface area contributed by atoms with Crippen molar-refractivity contribution in [3.63, 3.8) is 0 Å². The molecule has 0 aliphatic carbocycles. The molecule has 0 aliphatic heterocycles. The Kier molecular flexibility index (Phi) is 3.70. The minimum Gasteiger partial charge on any atom is -0.482 e. The fraction of sp³-hybridized carbons (Fsp3) is 0.0769. The maximum Gasteiger partial charge on any atom is 0.310 e. The Hall–Kier alpha value is -2.50. The molecule has 6 heteroatoms. The summed E-state index contributed by atoms with van der Waals surface area (Å²) >= 11 is 0. The van der Waals surface area contributed by atoms with Gasteiger partial charge in [0.05, 0.1) is 4.92 Å². The molecule has 0 atom stereocenters. The van der Waals surface area contributed by atoms with Crippen LogP contribution in [0.5, 0.6) is 5.75 Å². The molecule has 0 spiro atoms. The average molecular weight is 265 g/mol. The molecule has 98 valence electrons. The Bertz CT molecular complexity index is 617. The summed E-state index contributed by atoms with van der Waals surface area (Å²) in [6.07, 6.45) is 0. The number of nitro benzene ring substituents is 1. The quantitative estimate of drug-likeness (QED) is 0.628. The Labute approximate surface area is 107 Å². The van der Waals surface area contributed by atoms with Crippen LogP contribution in [0.4, 0.5) is 14.5 Å². The first-order valence-electron chi connectivity index (χ1n) is 5.38. The monoisotopic (exact) mass is 265 g/mol. The van der Waals surface area contributed by atoms with Gasteiger partial charge in [-0.2, -0.15) is 0 Å². The van der Waals surface area contributed by atoms with Crippen molar-refractivity contribution in [2.24, 2.45) is 0 Å². The topological polar surface area (TPSA) is 52.4 Å². The summed E-state index contributed by atoms with van der Waals surface area (Å²) in [5.74, 6) is -1.40. The smallest absolute Gasteiger partial charge is 0.310 e. The standard InChI is InChI=1S/C13H9F2NO3/c14-10-6-5-9(11(15)7-10)8-19-13-4-2-1-3-12(13)16(17)18/h1-7H,8H2. The van der Waals surface area contributed by atoms with Crippen LogP contribution in [-0.4, -0.2) is 4.92 Å². The maximum atomic E-state index is 13.4. The van der Waals surface area contributed by atoms with Crippen LogP contribution in [0.15, 0.2) is 42.5 Å². The van der Waals surface area contributed by atoms with E-state index in [-0.39, 0.29) is 23.6 Å². The maximum absolute atomic E-state index is 13.4. The molecule has 0 saturated carbocycles. The lowest BCUT2D eigenvalue weighted by atomic mass is 10.2. The van der Waals surface area contributed by atoms with E-state index in [2.05, 4.69) is 0 Å². The molecule has 0 aliphatic rings. The third kappa shape index (κ3) is 3.04. The van der Waals surface area contributed by atoms with Crippen LogP contribution in [0.1, 0.15) is 5.56 Å².